The third kappa shape index (κ3) is 2.02. The molecule has 0 heterocycles. The zero-order valence-corrected chi connectivity index (χ0v) is 8.40. The normalized spacial score (nSPS) is 10.1. The van der Waals surface area contributed by atoms with Gasteiger partial charge in [-0.3, -0.25) is 0 Å². The summed E-state index contributed by atoms with van der Waals surface area (Å²) < 4.78 is 0. The van der Waals surface area contributed by atoms with Crippen molar-refractivity contribution in [3.63, 3.8) is 0 Å². The molecule has 0 nitrogen and oxygen atoms in total. The summed E-state index contributed by atoms with van der Waals surface area (Å²) in [4.78, 5) is 0. The molecule has 0 aliphatic heterocycles. The van der Waals surface area contributed by atoms with Gasteiger partial charge in [-0.1, -0.05) is 54.6 Å². The summed E-state index contributed by atoms with van der Waals surface area (Å²) in [5, 5.41) is 0. The first-order chi connectivity index (χ1) is 6.86. The molecule has 0 unspecified atom stereocenters. The molecule has 2 aromatic rings. The number of hydrogen-bond donors (Lipinski definition) is 0. The monoisotopic (exact) mass is 182 g/mol. The van der Waals surface area contributed by atoms with Crippen LogP contribution in [0.3, 0.4) is 0 Å². The fourth-order valence-electron chi connectivity index (χ4n) is 1.62. The predicted molar refractivity (Wildman–Crippen MR) is 60.4 cm³/mol. The van der Waals surface area contributed by atoms with Crippen molar-refractivity contribution in [2.24, 2.45) is 0 Å². The van der Waals surface area contributed by atoms with E-state index in [2.05, 4.69) is 61.5 Å². The molecule has 0 bridgehead atoms. The standard InChI is InChI=1S/C14H14/c1-12-7-5-6-10-14(12)11-13-8-3-2-4-9-13/h2-10H,11H2,1H3. The Labute approximate surface area is 85.2 Å². The SMILES string of the molecule is Cc1ccccc1Cc1ccccc1. The first kappa shape index (κ1) is 9.01. The first-order valence-electron chi connectivity index (χ1n) is 4.95. The topological polar surface area (TPSA) is 0 Å². The van der Waals surface area contributed by atoms with Crippen LogP contribution in [0.25, 0.3) is 0 Å². The van der Waals surface area contributed by atoms with E-state index in [1.54, 1.807) is 0 Å². The highest BCUT2D eigenvalue weighted by Gasteiger charge is 1.97. The summed E-state index contributed by atoms with van der Waals surface area (Å²) >= 11 is 0. The molecule has 0 aliphatic rings. The van der Waals surface area contributed by atoms with Gasteiger partial charge >= 0.3 is 0 Å². The molecule has 0 spiro atoms. The van der Waals surface area contributed by atoms with Crippen molar-refractivity contribution in [2.75, 3.05) is 0 Å². The highest BCUT2D eigenvalue weighted by Crippen LogP contribution is 2.12. The van der Waals surface area contributed by atoms with Gasteiger partial charge in [0.15, 0.2) is 0 Å². The average Bonchev–Trinajstić information content (AvgIpc) is 2.23. The van der Waals surface area contributed by atoms with Crippen molar-refractivity contribution in [1.82, 2.24) is 0 Å². The summed E-state index contributed by atoms with van der Waals surface area (Å²) in [5.74, 6) is 0. The highest BCUT2D eigenvalue weighted by molar-refractivity contribution is 5.31. The predicted octanol–water partition coefficient (Wildman–Crippen LogP) is 3.59. The lowest BCUT2D eigenvalue weighted by Crippen LogP contribution is -1.90. The van der Waals surface area contributed by atoms with Gasteiger partial charge in [0, 0.05) is 0 Å². The van der Waals surface area contributed by atoms with Gasteiger partial charge in [0.25, 0.3) is 0 Å². The Balaban J connectivity index is 2.24. The molecular formula is C14H14. The third-order valence-corrected chi connectivity index (χ3v) is 2.50. The first-order valence-corrected chi connectivity index (χ1v) is 4.95. The van der Waals surface area contributed by atoms with E-state index in [1.807, 2.05) is 0 Å². The molecule has 0 saturated carbocycles. The molecule has 14 heavy (non-hydrogen) atoms. The molecule has 0 heteroatoms. The van der Waals surface area contributed by atoms with Crippen molar-refractivity contribution in [2.45, 2.75) is 13.3 Å². The van der Waals surface area contributed by atoms with E-state index in [1.165, 1.54) is 16.7 Å². The van der Waals surface area contributed by atoms with Gasteiger partial charge in [0.1, 0.15) is 0 Å². The molecule has 0 saturated heterocycles. The maximum Gasteiger partial charge on any atom is -0.00232 e. The number of aryl methyl sites for hydroxylation is 1. The van der Waals surface area contributed by atoms with Crippen LogP contribution >= 0.6 is 0 Å². The Hall–Kier alpha value is -1.56. The second-order valence-corrected chi connectivity index (χ2v) is 3.59. The van der Waals surface area contributed by atoms with Crippen molar-refractivity contribution in [3.05, 3.63) is 71.3 Å². The minimum absolute atomic E-state index is 1.04. The smallest absolute Gasteiger partial charge is 0.00232 e. The summed E-state index contributed by atoms with van der Waals surface area (Å²) in [7, 11) is 0. The van der Waals surface area contributed by atoms with E-state index >= 15 is 0 Å². The van der Waals surface area contributed by atoms with Gasteiger partial charge in [-0.15, -0.1) is 0 Å². The van der Waals surface area contributed by atoms with Crippen LogP contribution in [0.4, 0.5) is 0 Å². The molecule has 0 N–H and O–H groups in total. The van der Waals surface area contributed by atoms with Crippen molar-refractivity contribution >= 4 is 0 Å². The van der Waals surface area contributed by atoms with Gasteiger partial charge in [0.05, 0.1) is 0 Å². The van der Waals surface area contributed by atoms with Crippen molar-refractivity contribution < 1.29 is 0 Å². The van der Waals surface area contributed by atoms with E-state index in [-0.39, 0.29) is 0 Å². The van der Waals surface area contributed by atoms with Crippen LogP contribution < -0.4 is 0 Å². The Morgan fingerprint density at radius 2 is 1.43 bits per heavy atom. The van der Waals surface area contributed by atoms with Crippen LogP contribution in [-0.2, 0) is 6.42 Å². The quantitative estimate of drug-likeness (QED) is 0.666. The average molecular weight is 182 g/mol. The zero-order valence-electron chi connectivity index (χ0n) is 8.40. The number of benzene rings is 2. The highest BCUT2D eigenvalue weighted by atomic mass is 14.0. The molecule has 0 aromatic heterocycles. The summed E-state index contributed by atoms with van der Waals surface area (Å²) in [6.45, 7) is 2.16. The maximum absolute atomic E-state index is 2.20. The summed E-state index contributed by atoms with van der Waals surface area (Å²) in [6.07, 6.45) is 1.04. The molecular weight excluding hydrogens is 168 g/mol. The van der Waals surface area contributed by atoms with Crippen LogP contribution in [0.5, 0.6) is 0 Å². The van der Waals surface area contributed by atoms with Gasteiger partial charge in [-0.05, 0) is 30.0 Å². The lowest BCUT2D eigenvalue weighted by atomic mass is 10.0. The van der Waals surface area contributed by atoms with Gasteiger partial charge in [0.2, 0.25) is 0 Å². The fourth-order valence-corrected chi connectivity index (χ4v) is 1.62. The van der Waals surface area contributed by atoms with Crippen LogP contribution in [0.15, 0.2) is 54.6 Å². The third-order valence-electron chi connectivity index (χ3n) is 2.50. The summed E-state index contributed by atoms with van der Waals surface area (Å²) in [6, 6.07) is 19.1. The molecule has 0 radical (unpaired) electrons. The second kappa shape index (κ2) is 4.10. The molecule has 0 aliphatic carbocycles. The molecule has 70 valence electrons. The Morgan fingerprint density at radius 3 is 2.14 bits per heavy atom. The van der Waals surface area contributed by atoms with E-state index in [0.29, 0.717) is 0 Å². The van der Waals surface area contributed by atoms with Crippen LogP contribution in [0.1, 0.15) is 16.7 Å². The number of hydrogen-bond acceptors (Lipinski definition) is 0. The molecule has 2 rings (SSSR count). The van der Waals surface area contributed by atoms with Crippen molar-refractivity contribution in [3.8, 4) is 0 Å². The Morgan fingerprint density at radius 1 is 0.786 bits per heavy atom. The largest absolute Gasteiger partial charge is 0.0622 e. The number of rotatable bonds is 2. The van der Waals surface area contributed by atoms with Crippen LogP contribution in [-0.4, -0.2) is 0 Å². The van der Waals surface area contributed by atoms with Gasteiger partial charge in [-0.25, -0.2) is 0 Å². The molecule has 0 atom stereocenters. The maximum atomic E-state index is 2.20. The minimum atomic E-state index is 1.04. The van der Waals surface area contributed by atoms with Gasteiger partial charge in [-0.2, -0.15) is 0 Å². The van der Waals surface area contributed by atoms with E-state index in [0.717, 1.165) is 6.42 Å². The molecule has 2 aromatic carbocycles. The van der Waals surface area contributed by atoms with Crippen LogP contribution in [0.2, 0.25) is 0 Å². The van der Waals surface area contributed by atoms with Gasteiger partial charge < -0.3 is 0 Å². The lowest BCUT2D eigenvalue weighted by molar-refractivity contribution is 1.16. The Kier molecular flexibility index (Phi) is 2.64. The second-order valence-electron chi connectivity index (χ2n) is 3.59. The zero-order chi connectivity index (χ0) is 9.80. The van der Waals surface area contributed by atoms with E-state index in [4.69, 9.17) is 0 Å². The summed E-state index contributed by atoms with van der Waals surface area (Å²) in [5.41, 5.74) is 4.16. The molecule has 0 amide bonds. The van der Waals surface area contributed by atoms with Crippen molar-refractivity contribution in [1.29, 1.82) is 0 Å². The minimum Gasteiger partial charge on any atom is -0.0622 e. The molecule has 0 fully saturated rings. The fraction of sp³-hybridized carbons (Fsp3) is 0.143. The Bertz CT molecular complexity index is 401. The van der Waals surface area contributed by atoms with E-state index < -0.39 is 0 Å². The lowest BCUT2D eigenvalue weighted by Gasteiger charge is -2.04. The van der Waals surface area contributed by atoms with Crippen LogP contribution in [0, 0.1) is 6.92 Å². The van der Waals surface area contributed by atoms with E-state index in [9.17, 15) is 0 Å².